The second kappa shape index (κ2) is 13.3. The summed E-state index contributed by atoms with van der Waals surface area (Å²) in [5.41, 5.74) is 0.909. The van der Waals surface area contributed by atoms with E-state index in [4.69, 9.17) is 0 Å². The first-order valence-corrected chi connectivity index (χ1v) is 12.2. The van der Waals surface area contributed by atoms with Gasteiger partial charge < -0.3 is 10.2 Å². The van der Waals surface area contributed by atoms with E-state index in [-0.39, 0.29) is 6.03 Å². The molecule has 0 saturated heterocycles. The molecule has 0 aliphatic heterocycles. The van der Waals surface area contributed by atoms with Crippen molar-refractivity contribution in [1.29, 1.82) is 0 Å². The summed E-state index contributed by atoms with van der Waals surface area (Å²) in [6, 6.07) is 14.4. The summed E-state index contributed by atoms with van der Waals surface area (Å²) >= 11 is 0. The Kier molecular flexibility index (Phi) is 10.8. The van der Waals surface area contributed by atoms with Crippen LogP contribution < -0.4 is 5.32 Å². The van der Waals surface area contributed by atoms with Crippen LogP contribution in [0.25, 0.3) is 10.8 Å². The SMILES string of the molecule is CCCCC(CC)CN(CC(CC)CCCC)C(=O)Nc1cccc2ccccc12. The van der Waals surface area contributed by atoms with E-state index in [9.17, 15) is 4.79 Å². The third-order valence-electron chi connectivity index (χ3n) is 6.36. The van der Waals surface area contributed by atoms with Gasteiger partial charge >= 0.3 is 6.03 Å². The molecule has 0 aliphatic rings. The molecule has 2 amide bonds. The molecule has 166 valence electrons. The molecule has 0 spiro atoms. The molecule has 0 fully saturated rings. The summed E-state index contributed by atoms with van der Waals surface area (Å²) in [5, 5.41) is 5.50. The van der Waals surface area contributed by atoms with Crippen molar-refractivity contribution in [2.45, 2.75) is 79.1 Å². The van der Waals surface area contributed by atoms with Crippen LogP contribution in [0.2, 0.25) is 0 Å². The van der Waals surface area contributed by atoms with Crippen LogP contribution in [0.3, 0.4) is 0 Å². The summed E-state index contributed by atoms with van der Waals surface area (Å²) in [5.74, 6) is 1.15. The smallest absolute Gasteiger partial charge is 0.321 e. The molecule has 1 N–H and O–H groups in total. The average Bonchev–Trinajstić information content (AvgIpc) is 2.78. The number of nitrogens with zero attached hydrogens (tertiary/aromatic N) is 1. The average molecular weight is 411 g/mol. The van der Waals surface area contributed by atoms with E-state index in [1.54, 1.807) is 0 Å². The Morgan fingerprint density at radius 3 is 1.97 bits per heavy atom. The third-order valence-corrected chi connectivity index (χ3v) is 6.36. The number of amides is 2. The largest absolute Gasteiger partial charge is 0.324 e. The van der Waals surface area contributed by atoms with E-state index in [0.717, 1.165) is 42.4 Å². The molecule has 0 bridgehead atoms. The number of urea groups is 1. The summed E-state index contributed by atoms with van der Waals surface area (Å²) in [7, 11) is 0. The Balaban J connectivity index is 2.18. The first-order valence-electron chi connectivity index (χ1n) is 12.2. The molecular weight excluding hydrogens is 368 g/mol. The highest BCUT2D eigenvalue weighted by Gasteiger charge is 2.22. The van der Waals surface area contributed by atoms with Crippen molar-refractivity contribution < 1.29 is 4.79 Å². The Hall–Kier alpha value is -2.03. The number of hydrogen-bond donors (Lipinski definition) is 1. The fourth-order valence-corrected chi connectivity index (χ4v) is 4.23. The molecular formula is C27H42N2O. The van der Waals surface area contributed by atoms with Crippen LogP contribution >= 0.6 is 0 Å². The van der Waals surface area contributed by atoms with Gasteiger partial charge in [0.1, 0.15) is 0 Å². The minimum absolute atomic E-state index is 0.0521. The number of hydrogen-bond acceptors (Lipinski definition) is 1. The van der Waals surface area contributed by atoms with Crippen molar-refractivity contribution in [3.63, 3.8) is 0 Å². The zero-order chi connectivity index (χ0) is 21.8. The zero-order valence-corrected chi connectivity index (χ0v) is 19.6. The molecule has 30 heavy (non-hydrogen) atoms. The van der Waals surface area contributed by atoms with Gasteiger partial charge in [-0.1, -0.05) is 103 Å². The van der Waals surface area contributed by atoms with E-state index < -0.39 is 0 Å². The Labute approximate surface area is 184 Å². The van der Waals surface area contributed by atoms with Crippen LogP contribution in [0.5, 0.6) is 0 Å². The van der Waals surface area contributed by atoms with E-state index in [2.05, 4.69) is 56.1 Å². The van der Waals surface area contributed by atoms with E-state index in [0.29, 0.717) is 11.8 Å². The highest BCUT2D eigenvalue weighted by Crippen LogP contribution is 2.25. The second-order valence-electron chi connectivity index (χ2n) is 8.69. The molecule has 3 heteroatoms. The quantitative estimate of drug-likeness (QED) is 0.355. The second-order valence-corrected chi connectivity index (χ2v) is 8.69. The molecule has 2 aromatic carbocycles. The lowest BCUT2D eigenvalue weighted by Gasteiger charge is -2.31. The van der Waals surface area contributed by atoms with Crippen molar-refractivity contribution in [3.8, 4) is 0 Å². The number of rotatable bonds is 13. The monoisotopic (exact) mass is 410 g/mol. The van der Waals surface area contributed by atoms with Gasteiger partial charge in [0.05, 0.1) is 5.69 Å². The van der Waals surface area contributed by atoms with E-state index in [1.807, 2.05) is 24.3 Å². The van der Waals surface area contributed by atoms with E-state index in [1.165, 1.54) is 38.5 Å². The lowest BCUT2D eigenvalue weighted by molar-refractivity contribution is 0.181. The highest BCUT2D eigenvalue weighted by molar-refractivity contribution is 6.01. The Morgan fingerprint density at radius 2 is 1.40 bits per heavy atom. The highest BCUT2D eigenvalue weighted by atomic mass is 16.2. The predicted octanol–water partition coefficient (Wildman–Crippen LogP) is 8.11. The van der Waals surface area contributed by atoms with Crippen LogP contribution in [0.1, 0.15) is 79.1 Å². The van der Waals surface area contributed by atoms with Crippen molar-refractivity contribution in [2.75, 3.05) is 18.4 Å². The van der Waals surface area contributed by atoms with Crippen molar-refractivity contribution in [2.24, 2.45) is 11.8 Å². The number of carbonyl (C=O) groups is 1. The maximum atomic E-state index is 13.4. The van der Waals surface area contributed by atoms with Crippen LogP contribution in [-0.4, -0.2) is 24.0 Å². The van der Waals surface area contributed by atoms with Gasteiger partial charge in [0, 0.05) is 18.5 Å². The maximum Gasteiger partial charge on any atom is 0.321 e. The minimum Gasteiger partial charge on any atom is -0.324 e. The Bertz CT molecular complexity index is 734. The van der Waals surface area contributed by atoms with Crippen LogP contribution in [-0.2, 0) is 0 Å². The van der Waals surface area contributed by atoms with Gasteiger partial charge in [0.2, 0.25) is 0 Å². The number of benzene rings is 2. The normalized spacial score (nSPS) is 13.2. The van der Waals surface area contributed by atoms with Gasteiger partial charge in [-0.25, -0.2) is 4.79 Å². The standard InChI is InChI=1S/C27H42N2O/c1-5-9-14-22(7-3)20-29(21-23(8-4)15-10-6-2)27(30)28-26-19-13-17-24-16-11-12-18-25(24)26/h11-13,16-19,22-23H,5-10,14-15,20-21H2,1-4H3,(H,28,30). The molecule has 0 aromatic heterocycles. The maximum absolute atomic E-state index is 13.4. The van der Waals surface area contributed by atoms with E-state index >= 15 is 0 Å². The molecule has 2 unspecified atom stereocenters. The van der Waals surface area contributed by atoms with Gasteiger partial charge in [-0.05, 0) is 36.1 Å². The van der Waals surface area contributed by atoms with Gasteiger partial charge in [0.15, 0.2) is 0 Å². The van der Waals surface area contributed by atoms with Crippen LogP contribution in [0.15, 0.2) is 42.5 Å². The summed E-state index contributed by atoms with van der Waals surface area (Å²) in [4.78, 5) is 15.5. The van der Waals surface area contributed by atoms with Gasteiger partial charge in [0.25, 0.3) is 0 Å². The summed E-state index contributed by atoms with van der Waals surface area (Å²) < 4.78 is 0. The summed E-state index contributed by atoms with van der Waals surface area (Å²) in [6.07, 6.45) is 9.58. The van der Waals surface area contributed by atoms with Crippen LogP contribution in [0.4, 0.5) is 10.5 Å². The van der Waals surface area contributed by atoms with Crippen molar-refractivity contribution >= 4 is 22.5 Å². The molecule has 0 saturated carbocycles. The molecule has 3 nitrogen and oxygen atoms in total. The molecule has 2 atom stereocenters. The molecule has 0 aliphatic carbocycles. The summed E-state index contributed by atoms with van der Waals surface area (Å²) in [6.45, 7) is 10.7. The fourth-order valence-electron chi connectivity index (χ4n) is 4.23. The molecule has 0 radical (unpaired) electrons. The third kappa shape index (κ3) is 7.34. The predicted molar refractivity (Wildman–Crippen MR) is 131 cm³/mol. The van der Waals surface area contributed by atoms with Crippen LogP contribution in [0, 0.1) is 11.8 Å². The lowest BCUT2D eigenvalue weighted by Crippen LogP contribution is -2.41. The number of anilines is 1. The molecule has 2 aromatic rings. The fraction of sp³-hybridized carbons (Fsp3) is 0.593. The van der Waals surface area contributed by atoms with Gasteiger partial charge in [-0.15, -0.1) is 0 Å². The van der Waals surface area contributed by atoms with Gasteiger partial charge in [-0.2, -0.15) is 0 Å². The number of nitrogens with one attached hydrogen (secondary N) is 1. The number of unbranched alkanes of at least 4 members (excludes halogenated alkanes) is 2. The minimum atomic E-state index is 0.0521. The zero-order valence-electron chi connectivity index (χ0n) is 19.6. The number of fused-ring (bicyclic) bond motifs is 1. The lowest BCUT2D eigenvalue weighted by atomic mass is 9.96. The topological polar surface area (TPSA) is 32.3 Å². The first kappa shape index (κ1) is 24.2. The van der Waals surface area contributed by atoms with Crippen molar-refractivity contribution in [3.05, 3.63) is 42.5 Å². The first-order chi connectivity index (χ1) is 14.6. The number of carbonyl (C=O) groups excluding carboxylic acids is 1. The van der Waals surface area contributed by atoms with Crippen molar-refractivity contribution in [1.82, 2.24) is 4.90 Å². The molecule has 0 heterocycles. The molecule has 2 rings (SSSR count). The Morgan fingerprint density at radius 1 is 0.833 bits per heavy atom. The van der Waals surface area contributed by atoms with Gasteiger partial charge in [-0.3, -0.25) is 0 Å².